The first kappa shape index (κ1) is 39.0. The molecule has 300 valence electrons. The van der Waals surface area contributed by atoms with Gasteiger partial charge in [0.25, 0.3) is 12.0 Å². The quantitative estimate of drug-likeness (QED) is 0.170. The highest BCUT2D eigenvalue weighted by molar-refractivity contribution is 5.77. The number of carbonyl (C=O) groups is 1. The van der Waals surface area contributed by atoms with Crippen LogP contribution in [0.25, 0.3) is 22.2 Å². The molecular weight excluding hydrogens is 732 g/mol. The van der Waals surface area contributed by atoms with E-state index in [-0.39, 0.29) is 6.09 Å². The first-order valence-corrected chi connectivity index (χ1v) is 18.9. The highest BCUT2D eigenvalue weighted by Gasteiger charge is 2.27. The standard InChI is InChI=1S/C23H28N4O5.C18H20N4O3/c1-23(2,3)32-22(28)27-11-9-26(10-12-27)21-25-19-13-17(7-8-20(19)31-21)30-15-16-5-6-18(29-4)14-24-16;1-23-15-3-2-13(20-11-15)12-24-14-4-5-17-16(10-14)21-18(25-17)22-8-6-19-7-9-22/h5-8,13-14H,9-12,15H2,1-4H3;2-5,10-11,19H,6-9,12H2,1H3. The number of methoxy groups -OCH3 is 2. The van der Waals surface area contributed by atoms with Crippen molar-refractivity contribution < 1.29 is 37.3 Å². The lowest BCUT2D eigenvalue weighted by Gasteiger charge is -2.34. The van der Waals surface area contributed by atoms with E-state index < -0.39 is 5.60 Å². The van der Waals surface area contributed by atoms with Crippen LogP contribution < -0.4 is 34.1 Å². The number of amides is 1. The molecule has 0 atom stereocenters. The molecule has 6 aromatic rings. The number of benzene rings is 2. The third-order valence-corrected chi connectivity index (χ3v) is 9.12. The highest BCUT2D eigenvalue weighted by Crippen LogP contribution is 2.28. The van der Waals surface area contributed by atoms with Crippen LogP contribution in [0.4, 0.5) is 16.8 Å². The van der Waals surface area contributed by atoms with Gasteiger partial charge in [-0.2, -0.15) is 9.97 Å². The Morgan fingerprint density at radius 3 is 1.58 bits per heavy atom. The van der Waals surface area contributed by atoms with Crippen LogP contribution in [0.2, 0.25) is 0 Å². The van der Waals surface area contributed by atoms with Crippen molar-refractivity contribution in [2.75, 3.05) is 76.4 Å². The molecule has 2 saturated heterocycles. The topological polar surface area (TPSA) is 163 Å². The van der Waals surface area contributed by atoms with Gasteiger partial charge in [0.1, 0.15) is 52.8 Å². The fourth-order valence-electron chi connectivity index (χ4n) is 6.05. The maximum atomic E-state index is 12.3. The van der Waals surface area contributed by atoms with Crippen LogP contribution in [-0.4, -0.2) is 103 Å². The second-order valence-corrected chi connectivity index (χ2v) is 14.4. The van der Waals surface area contributed by atoms with Crippen LogP contribution in [-0.2, 0) is 18.0 Å². The minimum Gasteiger partial charge on any atom is -0.495 e. The molecule has 57 heavy (non-hydrogen) atoms. The first-order valence-electron chi connectivity index (χ1n) is 18.9. The molecule has 2 aliphatic rings. The molecule has 0 saturated carbocycles. The predicted molar refractivity (Wildman–Crippen MR) is 213 cm³/mol. The summed E-state index contributed by atoms with van der Waals surface area (Å²) < 4.78 is 39.1. The fourth-order valence-corrected chi connectivity index (χ4v) is 6.05. The Bertz CT molecular complexity index is 2220. The number of oxazole rings is 2. The van der Waals surface area contributed by atoms with Crippen LogP contribution in [0.5, 0.6) is 23.0 Å². The molecule has 2 aromatic carbocycles. The molecule has 6 heterocycles. The van der Waals surface area contributed by atoms with Gasteiger partial charge in [-0.25, -0.2) is 4.79 Å². The van der Waals surface area contributed by atoms with E-state index >= 15 is 0 Å². The molecule has 0 bridgehead atoms. The Labute approximate surface area is 330 Å². The number of rotatable bonds is 10. The van der Waals surface area contributed by atoms with E-state index in [1.807, 2.05) is 86.3 Å². The van der Waals surface area contributed by atoms with Crippen molar-refractivity contribution in [1.82, 2.24) is 30.2 Å². The normalized spacial score (nSPS) is 14.6. The molecule has 16 heteroatoms. The van der Waals surface area contributed by atoms with Crippen molar-refractivity contribution in [3.05, 3.63) is 84.4 Å². The van der Waals surface area contributed by atoms with Crippen molar-refractivity contribution in [3.8, 4) is 23.0 Å². The van der Waals surface area contributed by atoms with Gasteiger partial charge in [-0.15, -0.1) is 0 Å². The SMILES string of the molecule is COc1ccc(COc2ccc3oc(N4CCN(C(=O)OC(C)(C)C)CC4)nc3c2)nc1.COc1ccc(COc2ccc3oc(N4CCNCC4)nc3c2)nc1. The lowest BCUT2D eigenvalue weighted by Crippen LogP contribution is -2.50. The van der Waals surface area contributed by atoms with E-state index in [1.165, 1.54) is 0 Å². The van der Waals surface area contributed by atoms with Gasteiger partial charge in [-0.3, -0.25) is 9.97 Å². The van der Waals surface area contributed by atoms with Gasteiger partial charge < -0.3 is 52.5 Å². The van der Waals surface area contributed by atoms with Gasteiger partial charge in [0.05, 0.1) is 38.0 Å². The maximum Gasteiger partial charge on any atom is 0.410 e. The Kier molecular flexibility index (Phi) is 12.1. The summed E-state index contributed by atoms with van der Waals surface area (Å²) in [6.07, 6.45) is 3.05. The van der Waals surface area contributed by atoms with Crippen LogP contribution in [0.15, 0.2) is 81.9 Å². The molecule has 0 radical (unpaired) electrons. The third-order valence-electron chi connectivity index (χ3n) is 9.12. The number of nitrogens with one attached hydrogen (secondary N) is 1. The Morgan fingerprint density at radius 2 is 1.14 bits per heavy atom. The van der Waals surface area contributed by atoms with Gasteiger partial charge in [-0.1, -0.05) is 0 Å². The molecule has 16 nitrogen and oxygen atoms in total. The number of pyridine rings is 2. The van der Waals surface area contributed by atoms with Crippen LogP contribution in [0.1, 0.15) is 32.2 Å². The smallest absolute Gasteiger partial charge is 0.410 e. The number of fused-ring (bicyclic) bond motifs is 2. The number of hydrogen-bond acceptors (Lipinski definition) is 15. The van der Waals surface area contributed by atoms with E-state index in [2.05, 4.69) is 30.2 Å². The summed E-state index contributed by atoms with van der Waals surface area (Å²) in [6.45, 7) is 12.4. The molecule has 8 rings (SSSR count). The molecule has 1 N–H and O–H groups in total. The van der Waals surface area contributed by atoms with Gasteiger partial charge in [-0.05, 0) is 69.3 Å². The zero-order valence-corrected chi connectivity index (χ0v) is 32.9. The summed E-state index contributed by atoms with van der Waals surface area (Å²) in [4.78, 5) is 36.0. The average molecular weight is 781 g/mol. The average Bonchev–Trinajstić information content (AvgIpc) is 3.87. The lowest BCUT2D eigenvalue weighted by molar-refractivity contribution is 0.0239. The maximum absolute atomic E-state index is 12.3. The van der Waals surface area contributed by atoms with Crippen LogP contribution >= 0.6 is 0 Å². The van der Waals surface area contributed by atoms with Gasteiger partial charge >= 0.3 is 6.09 Å². The van der Waals surface area contributed by atoms with Crippen molar-refractivity contribution in [1.29, 1.82) is 0 Å². The van der Waals surface area contributed by atoms with Crippen LogP contribution in [0.3, 0.4) is 0 Å². The third kappa shape index (κ3) is 10.3. The van der Waals surface area contributed by atoms with Gasteiger partial charge in [0.15, 0.2) is 11.2 Å². The number of hydrogen-bond donors (Lipinski definition) is 1. The molecule has 1 amide bonds. The lowest BCUT2D eigenvalue weighted by atomic mass is 10.2. The van der Waals surface area contributed by atoms with E-state index in [9.17, 15) is 4.79 Å². The minimum absolute atomic E-state index is 0.289. The van der Waals surface area contributed by atoms with Crippen molar-refractivity contribution >= 4 is 40.3 Å². The molecule has 4 aromatic heterocycles. The molecule has 0 spiro atoms. The number of nitrogens with zero attached hydrogens (tertiary/aromatic N) is 7. The number of anilines is 2. The number of ether oxygens (including phenoxy) is 5. The van der Waals surface area contributed by atoms with Crippen molar-refractivity contribution in [2.45, 2.75) is 39.6 Å². The van der Waals surface area contributed by atoms with Gasteiger partial charge in [0.2, 0.25) is 0 Å². The van der Waals surface area contributed by atoms with E-state index in [0.717, 1.165) is 65.7 Å². The zero-order valence-electron chi connectivity index (χ0n) is 32.9. The largest absolute Gasteiger partial charge is 0.495 e. The number of piperazine rings is 2. The molecular formula is C41H48N8O8. The summed E-state index contributed by atoms with van der Waals surface area (Å²) >= 11 is 0. The van der Waals surface area contributed by atoms with Crippen molar-refractivity contribution in [2.24, 2.45) is 0 Å². The highest BCUT2D eigenvalue weighted by atomic mass is 16.6. The Balaban J connectivity index is 0.000000179. The van der Waals surface area contributed by atoms with E-state index in [0.29, 0.717) is 68.5 Å². The van der Waals surface area contributed by atoms with Gasteiger partial charge in [0, 0.05) is 64.5 Å². The Morgan fingerprint density at radius 1 is 0.667 bits per heavy atom. The summed E-state index contributed by atoms with van der Waals surface area (Å²) in [5.41, 5.74) is 4.10. The molecule has 2 fully saturated rings. The monoisotopic (exact) mass is 780 g/mol. The molecule has 0 aliphatic carbocycles. The predicted octanol–water partition coefficient (Wildman–Crippen LogP) is 6.09. The number of carbonyl (C=O) groups excluding carboxylic acids is 1. The van der Waals surface area contributed by atoms with E-state index in [1.54, 1.807) is 31.5 Å². The Hall–Kier alpha value is -6.29. The zero-order chi connectivity index (χ0) is 39.8. The summed E-state index contributed by atoms with van der Waals surface area (Å²) in [5.74, 6) is 2.86. The first-order chi connectivity index (χ1) is 27.6. The van der Waals surface area contributed by atoms with Crippen LogP contribution in [0, 0.1) is 0 Å². The van der Waals surface area contributed by atoms with Crippen molar-refractivity contribution in [3.63, 3.8) is 0 Å². The summed E-state index contributed by atoms with van der Waals surface area (Å²) in [6, 6.07) is 19.9. The molecule has 0 unspecified atom stereocenters. The fraction of sp³-hybridized carbons (Fsp3) is 0.390. The molecule has 2 aliphatic heterocycles. The minimum atomic E-state index is -0.502. The number of aromatic nitrogens is 4. The summed E-state index contributed by atoms with van der Waals surface area (Å²) in [7, 11) is 3.23. The summed E-state index contributed by atoms with van der Waals surface area (Å²) in [5, 5.41) is 3.32. The van der Waals surface area contributed by atoms with E-state index in [4.69, 9.17) is 32.5 Å². The second-order valence-electron chi connectivity index (χ2n) is 14.4. The second kappa shape index (κ2) is 17.7.